The molecule has 3 aromatic rings. The van der Waals surface area contributed by atoms with Gasteiger partial charge in [-0.2, -0.15) is 5.10 Å². The summed E-state index contributed by atoms with van der Waals surface area (Å²) >= 11 is 0. The van der Waals surface area contributed by atoms with Crippen LogP contribution in [0.5, 0.6) is 5.75 Å². The maximum absolute atomic E-state index is 13.2. The summed E-state index contributed by atoms with van der Waals surface area (Å²) in [5, 5.41) is 24.1. The van der Waals surface area contributed by atoms with E-state index in [1.54, 1.807) is 45.5 Å². The molecule has 0 bridgehead atoms. The topological polar surface area (TPSA) is 171 Å². The van der Waals surface area contributed by atoms with Crippen LogP contribution in [0.4, 0.5) is 17.2 Å². The molecule has 230 valence electrons. The van der Waals surface area contributed by atoms with Gasteiger partial charge in [0.2, 0.25) is 5.91 Å². The van der Waals surface area contributed by atoms with Crippen LogP contribution in [0.25, 0.3) is 11.3 Å². The van der Waals surface area contributed by atoms with Crippen molar-refractivity contribution in [1.29, 1.82) is 0 Å². The number of hydrogen-bond acceptors (Lipinski definition) is 10. The Morgan fingerprint density at radius 2 is 1.73 bits per heavy atom. The summed E-state index contributed by atoms with van der Waals surface area (Å²) in [7, 11) is 11.9. The number of carbonyl (C=O) groups excluding carboxylic acids is 3. The van der Waals surface area contributed by atoms with Crippen LogP contribution in [0.15, 0.2) is 30.3 Å². The number of amides is 3. The summed E-state index contributed by atoms with van der Waals surface area (Å²) in [6.07, 6.45) is 1.66. The SMILES string of the molecule is BC(B)(B)NC(=O)c1nnc(NC(=O)C2CC2)cc1Nc1cccc(-c2cc(C(=O)NC(COC)COC)n(C)n2)c1OC. The molecule has 17 heteroatoms. The number of aryl methyl sites for hydroxylation is 1. The summed E-state index contributed by atoms with van der Waals surface area (Å²) < 4.78 is 17.7. The van der Waals surface area contributed by atoms with Crippen LogP contribution in [0.1, 0.15) is 33.8 Å². The molecule has 0 atom stereocenters. The van der Waals surface area contributed by atoms with E-state index < -0.39 is 11.1 Å². The monoisotopic (exact) mass is 602 g/mol. The molecule has 0 spiro atoms. The van der Waals surface area contributed by atoms with Crippen LogP contribution in [0, 0.1) is 5.92 Å². The lowest BCUT2D eigenvalue weighted by Crippen LogP contribution is -2.50. The second-order valence-corrected chi connectivity index (χ2v) is 11.6. The van der Waals surface area contributed by atoms with E-state index in [4.69, 9.17) is 14.2 Å². The minimum Gasteiger partial charge on any atom is -0.494 e. The van der Waals surface area contributed by atoms with Crippen LogP contribution < -0.4 is 26.0 Å². The Bertz CT molecular complexity index is 1520. The van der Waals surface area contributed by atoms with Crippen molar-refractivity contribution in [2.45, 2.75) is 24.1 Å². The fraction of sp³-hybridized carbons (Fsp3) is 0.407. The van der Waals surface area contributed by atoms with Gasteiger partial charge in [0.15, 0.2) is 17.3 Å². The maximum Gasteiger partial charge on any atom is 0.272 e. The first-order valence-corrected chi connectivity index (χ1v) is 14.2. The van der Waals surface area contributed by atoms with Gasteiger partial charge in [-0.25, -0.2) is 0 Å². The molecule has 0 radical (unpaired) electrons. The van der Waals surface area contributed by atoms with Gasteiger partial charge in [-0.05, 0) is 36.3 Å². The third kappa shape index (κ3) is 8.17. The summed E-state index contributed by atoms with van der Waals surface area (Å²) in [5.74, 6) is -0.322. The number of para-hydroxylation sites is 1. The molecule has 2 heterocycles. The van der Waals surface area contributed by atoms with Gasteiger partial charge in [-0.15, -0.1) is 10.2 Å². The first kappa shape index (κ1) is 32.5. The van der Waals surface area contributed by atoms with E-state index >= 15 is 0 Å². The fourth-order valence-electron chi connectivity index (χ4n) is 4.50. The van der Waals surface area contributed by atoms with Gasteiger partial charge in [0, 0.05) is 38.8 Å². The van der Waals surface area contributed by atoms with Crippen molar-refractivity contribution < 1.29 is 28.6 Å². The van der Waals surface area contributed by atoms with E-state index in [-0.39, 0.29) is 48.5 Å². The number of rotatable bonds is 14. The van der Waals surface area contributed by atoms with Crippen LogP contribution in [0.2, 0.25) is 0 Å². The number of hydrogen-bond donors (Lipinski definition) is 4. The molecule has 1 aliphatic carbocycles. The fourth-order valence-corrected chi connectivity index (χ4v) is 4.50. The van der Waals surface area contributed by atoms with Crippen LogP contribution in [0.3, 0.4) is 0 Å². The molecule has 14 nitrogen and oxygen atoms in total. The number of nitrogens with one attached hydrogen (secondary N) is 4. The average molecular weight is 602 g/mol. The number of methoxy groups -OCH3 is 3. The van der Waals surface area contributed by atoms with Crippen molar-refractivity contribution >= 4 is 58.5 Å². The summed E-state index contributed by atoms with van der Waals surface area (Å²) in [6, 6.07) is 8.27. The molecular weight excluding hydrogens is 565 g/mol. The standard InChI is InChI=1S/C27H37B3N8O6/c1-38-20(25(40)31-15(12-42-2)13-43-3)10-18(37-38)16-6-5-7-17(23(16)44-4)32-19-11-21(33-24(39)14-8-9-14)35-36-22(19)26(41)34-27(28,29)30/h5-7,10-11,14-15H,8-9,12-13,28-30H2,1-4H3,(H,31,40)(H,34,41)(H2,32,33,35,39). The van der Waals surface area contributed by atoms with Crippen molar-refractivity contribution in [2.24, 2.45) is 13.0 Å². The van der Waals surface area contributed by atoms with Crippen LogP contribution in [-0.4, -0.2) is 107 Å². The van der Waals surface area contributed by atoms with Crippen molar-refractivity contribution in [3.63, 3.8) is 0 Å². The zero-order valence-electron chi connectivity index (χ0n) is 26.1. The van der Waals surface area contributed by atoms with Crippen LogP contribution in [-0.2, 0) is 21.3 Å². The highest BCUT2D eigenvalue weighted by atomic mass is 16.5. The van der Waals surface area contributed by atoms with Gasteiger partial charge < -0.3 is 35.5 Å². The molecule has 4 N–H and O–H groups in total. The predicted octanol–water partition coefficient (Wildman–Crippen LogP) is -1.39. The van der Waals surface area contributed by atoms with Crippen molar-refractivity contribution in [1.82, 2.24) is 30.6 Å². The third-order valence-corrected chi connectivity index (χ3v) is 6.64. The van der Waals surface area contributed by atoms with Gasteiger partial charge in [0.1, 0.15) is 29.2 Å². The lowest BCUT2D eigenvalue weighted by Gasteiger charge is -2.22. The second-order valence-electron chi connectivity index (χ2n) is 11.6. The van der Waals surface area contributed by atoms with Gasteiger partial charge in [0.25, 0.3) is 11.8 Å². The second kappa shape index (κ2) is 13.9. The molecule has 1 aliphatic rings. The van der Waals surface area contributed by atoms with E-state index in [1.165, 1.54) is 11.8 Å². The molecule has 4 rings (SSSR count). The van der Waals surface area contributed by atoms with Gasteiger partial charge in [-0.1, -0.05) is 6.07 Å². The lowest BCUT2D eigenvalue weighted by atomic mass is 9.49. The van der Waals surface area contributed by atoms with Crippen LogP contribution >= 0.6 is 0 Å². The minimum absolute atomic E-state index is 0.0370. The maximum atomic E-state index is 13.2. The number of aromatic nitrogens is 4. The number of benzene rings is 1. The van der Waals surface area contributed by atoms with Gasteiger partial charge in [-0.3, -0.25) is 19.1 Å². The summed E-state index contributed by atoms with van der Waals surface area (Å²) in [4.78, 5) is 38.7. The number of anilines is 3. The molecule has 1 fully saturated rings. The van der Waals surface area contributed by atoms with E-state index in [1.807, 2.05) is 29.6 Å². The Balaban J connectivity index is 1.67. The zero-order valence-corrected chi connectivity index (χ0v) is 26.1. The smallest absolute Gasteiger partial charge is 0.272 e. The molecule has 0 aliphatic heterocycles. The highest BCUT2D eigenvalue weighted by Crippen LogP contribution is 2.38. The molecule has 2 aromatic heterocycles. The molecule has 44 heavy (non-hydrogen) atoms. The van der Waals surface area contributed by atoms with Gasteiger partial charge >= 0.3 is 0 Å². The Morgan fingerprint density at radius 1 is 1.02 bits per heavy atom. The number of carbonyl (C=O) groups is 3. The van der Waals surface area contributed by atoms with E-state index in [2.05, 4.69) is 36.6 Å². The van der Waals surface area contributed by atoms with Crippen molar-refractivity contribution in [3.05, 3.63) is 41.7 Å². The Labute approximate surface area is 258 Å². The highest BCUT2D eigenvalue weighted by Gasteiger charge is 2.30. The first-order valence-electron chi connectivity index (χ1n) is 14.2. The minimum atomic E-state index is -0.525. The average Bonchev–Trinajstić information content (AvgIpc) is 3.74. The Morgan fingerprint density at radius 3 is 2.34 bits per heavy atom. The van der Waals surface area contributed by atoms with Gasteiger partial charge in [0.05, 0.1) is 43.4 Å². The lowest BCUT2D eigenvalue weighted by molar-refractivity contribution is -0.117. The Kier molecular flexibility index (Phi) is 10.3. The molecule has 0 unspecified atom stereocenters. The zero-order chi connectivity index (χ0) is 32.0. The Hall–Kier alpha value is -4.37. The quantitative estimate of drug-likeness (QED) is 0.161. The molecule has 1 saturated carbocycles. The molecule has 0 saturated heterocycles. The number of nitrogens with zero attached hydrogens (tertiary/aromatic N) is 4. The summed E-state index contributed by atoms with van der Waals surface area (Å²) in [6.45, 7) is 0.578. The largest absolute Gasteiger partial charge is 0.494 e. The molecular formula is C27H37B3N8O6. The van der Waals surface area contributed by atoms with E-state index in [9.17, 15) is 14.4 Å². The normalized spacial score (nSPS) is 12.9. The number of ether oxygens (including phenoxy) is 3. The van der Waals surface area contributed by atoms with E-state index in [0.717, 1.165) is 12.8 Å². The predicted molar refractivity (Wildman–Crippen MR) is 173 cm³/mol. The van der Waals surface area contributed by atoms with Crippen molar-refractivity contribution in [3.8, 4) is 17.0 Å². The highest BCUT2D eigenvalue weighted by molar-refractivity contribution is 6.60. The summed E-state index contributed by atoms with van der Waals surface area (Å²) in [5.41, 5.74) is 2.26. The first-order chi connectivity index (χ1) is 20.9. The molecule has 3 amide bonds. The third-order valence-electron chi connectivity index (χ3n) is 6.64. The van der Waals surface area contributed by atoms with Crippen molar-refractivity contribution in [2.75, 3.05) is 45.2 Å². The van der Waals surface area contributed by atoms with E-state index in [0.29, 0.717) is 34.1 Å². The molecule has 1 aromatic carbocycles.